The van der Waals surface area contributed by atoms with E-state index < -0.39 is 0 Å². The van der Waals surface area contributed by atoms with Gasteiger partial charge in [-0.15, -0.1) is 0 Å². The fourth-order valence-electron chi connectivity index (χ4n) is 7.72. The Bertz CT molecular complexity index is 2790. The first-order chi connectivity index (χ1) is 25.8. The highest BCUT2D eigenvalue weighted by atomic mass is 16.3. The summed E-state index contributed by atoms with van der Waals surface area (Å²) < 4.78 is 6.95. The van der Waals surface area contributed by atoms with E-state index in [-0.39, 0.29) is 0 Å². The molecule has 244 valence electrons. The van der Waals surface area contributed by atoms with Crippen LogP contribution in [0.5, 0.6) is 0 Å². The molecule has 0 spiro atoms. The van der Waals surface area contributed by atoms with Crippen molar-refractivity contribution in [3.63, 3.8) is 0 Å². The van der Waals surface area contributed by atoms with Crippen molar-refractivity contribution in [1.29, 1.82) is 0 Å². The van der Waals surface area contributed by atoms with E-state index in [1.54, 1.807) is 0 Å². The lowest BCUT2D eigenvalue weighted by Crippen LogP contribution is -2.10. The summed E-state index contributed by atoms with van der Waals surface area (Å²) in [5.41, 5.74) is 12.0. The van der Waals surface area contributed by atoms with Gasteiger partial charge in [-0.05, 0) is 97.9 Å². The molecule has 10 rings (SSSR count). The first kappa shape index (κ1) is 30.0. The molecular formula is C50H33NO. The summed E-state index contributed by atoms with van der Waals surface area (Å²) in [5, 5.41) is 6.98. The summed E-state index contributed by atoms with van der Waals surface area (Å²) in [6.45, 7) is 0. The maximum Gasteiger partial charge on any atom is 0.143 e. The molecule has 1 heterocycles. The molecule has 0 aliphatic carbocycles. The molecule has 0 saturated carbocycles. The summed E-state index contributed by atoms with van der Waals surface area (Å²) >= 11 is 0. The van der Waals surface area contributed by atoms with Crippen LogP contribution in [0.3, 0.4) is 0 Å². The molecule has 0 amide bonds. The molecule has 0 saturated heterocycles. The van der Waals surface area contributed by atoms with Crippen molar-refractivity contribution in [3.8, 4) is 33.4 Å². The van der Waals surface area contributed by atoms with Crippen LogP contribution in [0.2, 0.25) is 0 Å². The van der Waals surface area contributed by atoms with Gasteiger partial charge in [0.1, 0.15) is 11.2 Å². The summed E-state index contributed by atoms with van der Waals surface area (Å²) in [5.74, 6) is 0. The van der Waals surface area contributed by atoms with Crippen LogP contribution in [0, 0.1) is 0 Å². The second-order valence-electron chi connectivity index (χ2n) is 13.3. The van der Waals surface area contributed by atoms with E-state index in [0.29, 0.717) is 0 Å². The minimum absolute atomic E-state index is 0.858. The summed E-state index contributed by atoms with van der Waals surface area (Å²) in [6, 6.07) is 71.5. The van der Waals surface area contributed by atoms with Gasteiger partial charge < -0.3 is 9.32 Å². The number of hydrogen-bond acceptors (Lipinski definition) is 2. The third-order valence-corrected chi connectivity index (χ3v) is 10.2. The predicted molar refractivity (Wildman–Crippen MR) is 220 cm³/mol. The highest BCUT2D eigenvalue weighted by Crippen LogP contribution is 2.47. The van der Waals surface area contributed by atoms with E-state index >= 15 is 0 Å². The average molecular weight is 664 g/mol. The molecule has 0 atom stereocenters. The molecule has 0 aliphatic rings. The second kappa shape index (κ2) is 12.5. The Morgan fingerprint density at radius 1 is 0.346 bits per heavy atom. The molecule has 2 nitrogen and oxygen atoms in total. The van der Waals surface area contributed by atoms with Crippen molar-refractivity contribution in [2.45, 2.75) is 0 Å². The van der Waals surface area contributed by atoms with E-state index in [0.717, 1.165) is 50.1 Å². The van der Waals surface area contributed by atoms with Crippen molar-refractivity contribution < 1.29 is 4.42 Å². The van der Waals surface area contributed by atoms with Gasteiger partial charge in [0.15, 0.2) is 0 Å². The molecule has 10 aromatic rings. The standard InChI is InChI=1S/C50H33NO/c1-3-12-34(13-4-1)37-24-28-42(29-25-37)51(43-30-26-38(27-31-43)35-14-5-2-6-15-35)46-20-11-21-47-49(46)45-33-40-18-9-10-19-44(40)48(50(45)52-47)41-23-22-36-16-7-8-17-39(36)32-41/h1-33H. The number of anilines is 3. The maximum absolute atomic E-state index is 6.95. The topological polar surface area (TPSA) is 16.4 Å². The van der Waals surface area contributed by atoms with E-state index in [1.807, 2.05) is 0 Å². The van der Waals surface area contributed by atoms with Crippen LogP contribution in [0.25, 0.3) is 76.9 Å². The number of fused-ring (bicyclic) bond motifs is 5. The van der Waals surface area contributed by atoms with Crippen molar-refractivity contribution in [1.82, 2.24) is 0 Å². The van der Waals surface area contributed by atoms with Crippen LogP contribution >= 0.6 is 0 Å². The highest BCUT2D eigenvalue weighted by Gasteiger charge is 2.23. The van der Waals surface area contributed by atoms with Crippen LogP contribution in [-0.2, 0) is 0 Å². The molecule has 0 N–H and O–H groups in total. The van der Waals surface area contributed by atoms with E-state index in [9.17, 15) is 0 Å². The molecular weight excluding hydrogens is 631 g/mol. The Kier molecular flexibility index (Phi) is 7.18. The predicted octanol–water partition coefficient (Wildman–Crippen LogP) is 14.4. The normalized spacial score (nSPS) is 11.5. The van der Waals surface area contributed by atoms with Crippen LogP contribution in [0.1, 0.15) is 0 Å². The van der Waals surface area contributed by atoms with Gasteiger partial charge >= 0.3 is 0 Å². The molecule has 9 aromatic carbocycles. The van der Waals surface area contributed by atoms with Crippen molar-refractivity contribution in [3.05, 3.63) is 200 Å². The number of nitrogens with zero attached hydrogens (tertiary/aromatic N) is 1. The lowest BCUT2D eigenvalue weighted by atomic mass is 9.93. The minimum Gasteiger partial charge on any atom is -0.455 e. The molecule has 52 heavy (non-hydrogen) atoms. The van der Waals surface area contributed by atoms with Gasteiger partial charge in [-0.3, -0.25) is 0 Å². The summed E-state index contributed by atoms with van der Waals surface area (Å²) in [7, 11) is 0. The molecule has 0 fully saturated rings. The monoisotopic (exact) mass is 663 g/mol. The third-order valence-electron chi connectivity index (χ3n) is 10.2. The summed E-state index contributed by atoms with van der Waals surface area (Å²) in [6.07, 6.45) is 0. The van der Waals surface area contributed by atoms with Crippen LogP contribution < -0.4 is 4.90 Å². The molecule has 1 aromatic heterocycles. The largest absolute Gasteiger partial charge is 0.455 e. The van der Waals surface area contributed by atoms with Gasteiger partial charge in [0.25, 0.3) is 0 Å². The molecule has 2 heteroatoms. The molecule has 0 bridgehead atoms. The number of benzene rings is 9. The minimum atomic E-state index is 0.858. The molecule has 0 radical (unpaired) electrons. The van der Waals surface area contributed by atoms with Crippen LogP contribution in [-0.4, -0.2) is 0 Å². The van der Waals surface area contributed by atoms with Gasteiger partial charge in [0.05, 0.1) is 11.1 Å². The summed E-state index contributed by atoms with van der Waals surface area (Å²) in [4.78, 5) is 2.37. The zero-order chi connectivity index (χ0) is 34.4. The number of furan rings is 1. The second-order valence-corrected chi connectivity index (χ2v) is 13.3. The average Bonchev–Trinajstić information content (AvgIpc) is 3.60. The SMILES string of the molecule is c1ccc(-c2ccc(N(c3ccc(-c4ccccc4)cc3)c3cccc4oc5c(-c6ccc7ccccc7c6)c6ccccc6cc5c34)cc2)cc1. The van der Waals surface area contributed by atoms with Crippen LogP contribution in [0.4, 0.5) is 17.1 Å². The first-order valence-corrected chi connectivity index (χ1v) is 17.8. The fraction of sp³-hybridized carbons (Fsp3) is 0. The van der Waals surface area contributed by atoms with E-state index in [2.05, 4.69) is 205 Å². The van der Waals surface area contributed by atoms with Crippen molar-refractivity contribution >= 4 is 60.5 Å². The van der Waals surface area contributed by atoms with E-state index in [4.69, 9.17) is 4.42 Å². The maximum atomic E-state index is 6.95. The Balaban J connectivity index is 1.21. The lowest BCUT2D eigenvalue weighted by molar-refractivity contribution is 0.670. The zero-order valence-electron chi connectivity index (χ0n) is 28.4. The Hall–Kier alpha value is -6.90. The smallest absolute Gasteiger partial charge is 0.143 e. The van der Waals surface area contributed by atoms with Gasteiger partial charge in [-0.1, -0.05) is 152 Å². The highest BCUT2D eigenvalue weighted by molar-refractivity contribution is 6.22. The third kappa shape index (κ3) is 5.12. The molecule has 0 aliphatic heterocycles. The van der Waals surface area contributed by atoms with Gasteiger partial charge in [0, 0.05) is 22.3 Å². The number of hydrogen-bond donors (Lipinski definition) is 0. The van der Waals surface area contributed by atoms with Crippen molar-refractivity contribution in [2.24, 2.45) is 0 Å². The fourth-order valence-corrected chi connectivity index (χ4v) is 7.72. The van der Waals surface area contributed by atoms with Gasteiger partial charge in [-0.25, -0.2) is 0 Å². The molecule has 0 unspecified atom stereocenters. The first-order valence-electron chi connectivity index (χ1n) is 17.8. The quantitative estimate of drug-likeness (QED) is 0.176. The van der Waals surface area contributed by atoms with E-state index in [1.165, 1.54) is 43.8 Å². The zero-order valence-corrected chi connectivity index (χ0v) is 28.4. The van der Waals surface area contributed by atoms with Crippen LogP contribution in [0.15, 0.2) is 205 Å². The van der Waals surface area contributed by atoms with Gasteiger partial charge in [0.2, 0.25) is 0 Å². The number of rotatable bonds is 6. The Morgan fingerprint density at radius 2 is 0.885 bits per heavy atom. The Morgan fingerprint density at radius 3 is 1.54 bits per heavy atom. The lowest BCUT2D eigenvalue weighted by Gasteiger charge is -2.26. The van der Waals surface area contributed by atoms with Crippen molar-refractivity contribution in [2.75, 3.05) is 4.90 Å². The van der Waals surface area contributed by atoms with Gasteiger partial charge in [-0.2, -0.15) is 0 Å². The Labute approximate surface area is 302 Å².